The van der Waals surface area contributed by atoms with Gasteiger partial charge in [-0.05, 0) is 79.6 Å². The standard InChI is InChI=1S/C33H40FN3O4/c1-3-23-8-4-9-26(20-23)30-28(11-5-12-29(30)34)33(41,17-7-18-36-32(39)40)27-10-6-19-37(22-27)31(38)25-15-13-24(14-16-25)21-35-2/h4-5,8-9,11-16,20,27,35-36,41H,3,6-7,10,17-19,21-22H2,1-2H3,(H,39,40)/t27-,33+/m1/s1. The molecule has 4 N–H and O–H groups in total. The van der Waals surface area contributed by atoms with E-state index in [-0.39, 0.29) is 24.8 Å². The summed E-state index contributed by atoms with van der Waals surface area (Å²) in [5.41, 5.74) is 2.73. The molecule has 8 heteroatoms. The Hall–Kier alpha value is -3.75. The highest BCUT2D eigenvalue weighted by molar-refractivity contribution is 5.94. The van der Waals surface area contributed by atoms with Crippen molar-refractivity contribution < 1.29 is 24.2 Å². The highest BCUT2D eigenvalue weighted by Gasteiger charge is 2.43. The summed E-state index contributed by atoms with van der Waals surface area (Å²) in [5.74, 6) is -0.901. The first-order valence-electron chi connectivity index (χ1n) is 14.4. The van der Waals surface area contributed by atoms with Crippen LogP contribution in [0.2, 0.25) is 0 Å². The summed E-state index contributed by atoms with van der Waals surface area (Å²) in [4.78, 5) is 26.4. The van der Waals surface area contributed by atoms with Crippen molar-refractivity contribution in [1.29, 1.82) is 0 Å². The fraction of sp³-hybridized carbons (Fsp3) is 0.394. The Balaban J connectivity index is 1.69. The summed E-state index contributed by atoms with van der Waals surface area (Å²) in [6.07, 6.45) is 1.57. The van der Waals surface area contributed by atoms with Crippen LogP contribution in [0.25, 0.3) is 11.1 Å². The van der Waals surface area contributed by atoms with Crippen LogP contribution >= 0.6 is 0 Å². The number of nitrogens with one attached hydrogen (secondary N) is 2. The minimum atomic E-state index is -1.49. The van der Waals surface area contributed by atoms with Crippen molar-refractivity contribution in [2.45, 2.75) is 51.2 Å². The zero-order valence-corrected chi connectivity index (χ0v) is 23.8. The molecule has 0 spiro atoms. The molecule has 1 heterocycles. The van der Waals surface area contributed by atoms with Crippen molar-refractivity contribution >= 4 is 12.0 Å². The number of halogens is 1. The predicted molar refractivity (Wildman–Crippen MR) is 158 cm³/mol. The molecule has 2 atom stereocenters. The zero-order chi connectivity index (χ0) is 29.4. The zero-order valence-electron chi connectivity index (χ0n) is 23.8. The van der Waals surface area contributed by atoms with Crippen molar-refractivity contribution in [2.24, 2.45) is 5.92 Å². The lowest BCUT2D eigenvalue weighted by atomic mass is 9.72. The average Bonchev–Trinajstić information content (AvgIpc) is 2.99. The van der Waals surface area contributed by atoms with Gasteiger partial charge in [0.15, 0.2) is 0 Å². The van der Waals surface area contributed by atoms with Crippen LogP contribution in [-0.2, 0) is 18.6 Å². The first kappa shape index (κ1) is 30.2. The van der Waals surface area contributed by atoms with Crippen LogP contribution in [-0.4, -0.2) is 53.8 Å². The van der Waals surface area contributed by atoms with Gasteiger partial charge >= 0.3 is 6.09 Å². The van der Waals surface area contributed by atoms with Gasteiger partial charge in [0.25, 0.3) is 5.91 Å². The van der Waals surface area contributed by atoms with Crippen molar-refractivity contribution in [3.63, 3.8) is 0 Å². The third kappa shape index (κ3) is 7.13. The predicted octanol–water partition coefficient (Wildman–Crippen LogP) is 5.56. The second-order valence-corrected chi connectivity index (χ2v) is 10.8. The lowest BCUT2D eigenvalue weighted by Gasteiger charge is -2.43. The Morgan fingerprint density at radius 1 is 1.07 bits per heavy atom. The lowest BCUT2D eigenvalue weighted by molar-refractivity contribution is -0.0564. The maximum Gasteiger partial charge on any atom is 0.404 e. The Kier molecular flexibility index (Phi) is 10.1. The average molecular weight is 562 g/mol. The highest BCUT2D eigenvalue weighted by atomic mass is 19.1. The number of carbonyl (C=O) groups is 2. The number of hydrogen-bond acceptors (Lipinski definition) is 4. The van der Waals surface area contributed by atoms with E-state index in [1.807, 2.05) is 62.5 Å². The first-order valence-corrected chi connectivity index (χ1v) is 14.4. The number of aryl methyl sites for hydroxylation is 1. The van der Waals surface area contributed by atoms with Crippen LogP contribution in [0, 0.1) is 11.7 Å². The maximum absolute atomic E-state index is 15.6. The molecule has 1 aliphatic heterocycles. The summed E-state index contributed by atoms with van der Waals surface area (Å²) in [5, 5.41) is 27.1. The van der Waals surface area contributed by atoms with E-state index >= 15 is 4.39 Å². The molecular formula is C33H40FN3O4. The molecule has 3 aromatic rings. The Bertz CT molecular complexity index is 1350. The summed E-state index contributed by atoms with van der Waals surface area (Å²) in [6.45, 7) is 3.78. The number of nitrogens with zero attached hydrogens (tertiary/aromatic N) is 1. The highest BCUT2D eigenvalue weighted by Crippen LogP contribution is 2.44. The minimum absolute atomic E-state index is 0.101. The quantitative estimate of drug-likeness (QED) is 0.230. The molecule has 1 saturated heterocycles. The molecule has 41 heavy (non-hydrogen) atoms. The van der Waals surface area contributed by atoms with Gasteiger partial charge < -0.3 is 25.7 Å². The van der Waals surface area contributed by atoms with Crippen LogP contribution in [0.1, 0.15) is 59.7 Å². The van der Waals surface area contributed by atoms with Crippen molar-refractivity contribution in [2.75, 3.05) is 26.7 Å². The number of amides is 2. The van der Waals surface area contributed by atoms with Gasteiger partial charge in [-0.3, -0.25) is 4.79 Å². The summed E-state index contributed by atoms with van der Waals surface area (Å²) in [7, 11) is 1.87. The number of carbonyl (C=O) groups excluding carboxylic acids is 1. The van der Waals surface area contributed by atoms with Crippen LogP contribution in [0.5, 0.6) is 0 Å². The normalized spacial score (nSPS) is 16.7. The molecular weight excluding hydrogens is 521 g/mol. The van der Waals surface area contributed by atoms with Gasteiger partial charge in [0.2, 0.25) is 0 Å². The Morgan fingerprint density at radius 2 is 1.83 bits per heavy atom. The molecule has 3 aromatic carbocycles. The molecule has 0 aliphatic carbocycles. The number of piperidine rings is 1. The van der Waals surface area contributed by atoms with Gasteiger partial charge in [-0.15, -0.1) is 0 Å². The molecule has 218 valence electrons. The Morgan fingerprint density at radius 3 is 2.54 bits per heavy atom. The molecule has 4 rings (SSSR count). The first-order chi connectivity index (χ1) is 19.8. The molecule has 0 bridgehead atoms. The molecule has 1 fully saturated rings. The number of likely N-dealkylation sites (tertiary alicyclic amines) is 1. The number of aliphatic hydroxyl groups is 1. The van der Waals surface area contributed by atoms with Gasteiger partial charge in [-0.2, -0.15) is 0 Å². The van der Waals surface area contributed by atoms with E-state index in [2.05, 4.69) is 10.6 Å². The molecule has 2 amide bonds. The van der Waals surface area contributed by atoms with Crippen molar-refractivity contribution in [3.8, 4) is 11.1 Å². The molecule has 1 aliphatic rings. The van der Waals surface area contributed by atoms with Crippen molar-refractivity contribution in [1.82, 2.24) is 15.5 Å². The smallest absolute Gasteiger partial charge is 0.404 e. The molecule has 0 saturated carbocycles. The van der Waals surface area contributed by atoms with E-state index in [1.54, 1.807) is 17.0 Å². The van der Waals surface area contributed by atoms with E-state index in [0.717, 1.165) is 17.5 Å². The number of carboxylic acid groups (broad SMARTS) is 1. The second kappa shape index (κ2) is 13.7. The van der Waals surface area contributed by atoms with Crippen LogP contribution in [0.3, 0.4) is 0 Å². The van der Waals surface area contributed by atoms with E-state index in [0.29, 0.717) is 61.2 Å². The third-order valence-corrected chi connectivity index (χ3v) is 8.08. The number of hydrogen-bond donors (Lipinski definition) is 4. The van der Waals surface area contributed by atoms with E-state index in [9.17, 15) is 14.7 Å². The fourth-order valence-corrected chi connectivity index (χ4v) is 5.94. The second-order valence-electron chi connectivity index (χ2n) is 10.8. The molecule has 0 radical (unpaired) electrons. The number of rotatable bonds is 11. The van der Waals surface area contributed by atoms with E-state index in [1.165, 1.54) is 6.07 Å². The van der Waals surface area contributed by atoms with Gasteiger partial charge in [0.05, 0.1) is 5.60 Å². The SMILES string of the molecule is CCc1cccc(-c2c(F)cccc2[C@](O)(CCCNC(=O)O)[C@@H]2CCCN(C(=O)c3ccc(CNC)cc3)C2)c1. The van der Waals surface area contributed by atoms with Gasteiger partial charge in [-0.25, -0.2) is 9.18 Å². The topological polar surface area (TPSA) is 102 Å². The molecule has 0 unspecified atom stereocenters. The summed E-state index contributed by atoms with van der Waals surface area (Å²) in [6, 6.07) is 20.0. The van der Waals surface area contributed by atoms with Gasteiger partial charge in [0.1, 0.15) is 5.82 Å². The van der Waals surface area contributed by atoms with Crippen LogP contribution < -0.4 is 10.6 Å². The van der Waals surface area contributed by atoms with E-state index < -0.39 is 17.5 Å². The fourth-order valence-electron chi connectivity index (χ4n) is 5.94. The van der Waals surface area contributed by atoms with Crippen LogP contribution in [0.4, 0.5) is 9.18 Å². The number of benzene rings is 3. The van der Waals surface area contributed by atoms with E-state index in [4.69, 9.17) is 5.11 Å². The van der Waals surface area contributed by atoms with Gasteiger partial charge in [0, 0.05) is 43.2 Å². The van der Waals surface area contributed by atoms with Crippen molar-refractivity contribution in [3.05, 3.63) is 94.8 Å². The maximum atomic E-state index is 15.6. The lowest BCUT2D eigenvalue weighted by Crippen LogP contribution is -2.48. The Labute approximate surface area is 241 Å². The van der Waals surface area contributed by atoms with Gasteiger partial charge in [-0.1, -0.05) is 55.5 Å². The largest absolute Gasteiger partial charge is 0.465 e. The minimum Gasteiger partial charge on any atom is -0.465 e. The van der Waals surface area contributed by atoms with Crippen LogP contribution in [0.15, 0.2) is 66.7 Å². The monoisotopic (exact) mass is 561 g/mol. The summed E-state index contributed by atoms with van der Waals surface area (Å²) >= 11 is 0. The third-order valence-electron chi connectivity index (χ3n) is 8.08. The molecule has 7 nitrogen and oxygen atoms in total. The summed E-state index contributed by atoms with van der Waals surface area (Å²) < 4.78 is 15.6. The molecule has 0 aromatic heterocycles.